The number of carbonyl (C=O) groups is 1. The Kier molecular flexibility index (Phi) is 2.38. The van der Waals surface area contributed by atoms with Crippen LogP contribution in [0.25, 0.3) is 0 Å². The van der Waals surface area contributed by atoms with E-state index in [0.717, 1.165) is 25.8 Å². The molecule has 0 aromatic heterocycles. The summed E-state index contributed by atoms with van der Waals surface area (Å²) in [7, 11) is 0. The van der Waals surface area contributed by atoms with Gasteiger partial charge in [-0.05, 0) is 31.6 Å². The van der Waals surface area contributed by atoms with Gasteiger partial charge in [0.15, 0.2) is 0 Å². The number of carbonyl (C=O) groups excluding carboxylic acids is 1. The largest absolute Gasteiger partial charge is 0.339 e. The zero-order chi connectivity index (χ0) is 9.26. The lowest BCUT2D eigenvalue weighted by molar-refractivity contribution is -0.139. The van der Waals surface area contributed by atoms with Crippen molar-refractivity contribution in [3.8, 4) is 0 Å². The van der Waals surface area contributed by atoms with Gasteiger partial charge in [-0.25, -0.2) is 0 Å². The highest BCUT2D eigenvalue weighted by Crippen LogP contribution is 2.31. The van der Waals surface area contributed by atoms with Gasteiger partial charge in [-0.1, -0.05) is 6.08 Å². The second-order valence-electron chi connectivity index (χ2n) is 4.09. The highest BCUT2D eigenvalue weighted by Gasteiger charge is 2.34. The standard InChI is InChI=1S/C11H17NO/c1-2-9-5-4-8-12-10(9)6-3-7-11(12)13/h2,9-10H,1,3-8H2/t9-,10+/m1/s1. The summed E-state index contributed by atoms with van der Waals surface area (Å²) in [4.78, 5) is 13.7. The van der Waals surface area contributed by atoms with Crippen LogP contribution in [0, 0.1) is 5.92 Å². The number of fused-ring (bicyclic) bond motifs is 1. The predicted octanol–water partition coefficient (Wildman–Crippen LogP) is 1.96. The van der Waals surface area contributed by atoms with Gasteiger partial charge in [-0.3, -0.25) is 4.79 Å². The fourth-order valence-corrected chi connectivity index (χ4v) is 2.65. The van der Waals surface area contributed by atoms with Gasteiger partial charge in [0.25, 0.3) is 0 Å². The van der Waals surface area contributed by atoms with E-state index >= 15 is 0 Å². The van der Waals surface area contributed by atoms with Gasteiger partial charge in [0.2, 0.25) is 5.91 Å². The molecule has 72 valence electrons. The van der Waals surface area contributed by atoms with E-state index in [1.54, 1.807) is 0 Å². The second kappa shape index (κ2) is 3.52. The zero-order valence-corrected chi connectivity index (χ0v) is 8.04. The first kappa shape index (κ1) is 8.79. The maximum atomic E-state index is 11.6. The van der Waals surface area contributed by atoms with Crippen molar-refractivity contribution < 1.29 is 4.79 Å². The summed E-state index contributed by atoms with van der Waals surface area (Å²) >= 11 is 0. The van der Waals surface area contributed by atoms with E-state index in [9.17, 15) is 4.79 Å². The molecule has 0 bridgehead atoms. The Morgan fingerprint density at radius 2 is 2.23 bits per heavy atom. The third-order valence-electron chi connectivity index (χ3n) is 3.34. The summed E-state index contributed by atoms with van der Waals surface area (Å²) in [5.41, 5.74) is 0. The molecule has 2 heteroatoms. The Morgan fingerprint density at radius 3 is 3.00 bits per heavy atom. The van der Waals surface area contributed by atoms with E-state index in [-0.39, 0.29) is 0 Å². The van der Waals surface area contributed by atoms with Gasteiger partial charge in [-0.15, -0.1) is 6.58 Å². The van der Waals surface area contributed by atoms with Gasteiger partial charge in [-0.2, -0.15) is 0 Å². The minimum Gasteiger partial charge on any atom is -0.339 e. The molecule has 2 fully saturated rings. The van der Waals surface area contributed by atoms with E-state index in [4.69, 9.17) is 0 Å². The monoisotopic (exact) mass is 179 g/mol. The van der Waals surface area contributed by atoms with Gasteiger partial charge in [0, 0.05) is 19.0 Å². The van der Waals surface area contributed by atoms with Crippen LogP contribution in [0.1, 0.15) is 32.1 Å². The third-order valence-corrected chi connectivity index (χ3v) is 3.34. The molecule has 0 aromatic carbocycles. The Morgan fingerprint density at radius 1 is 1.38 bits per heavy atom. The van der Waals surface area contributed by atoms with Crippen LogP contribution in [-0.4, -0.2) is 23.4 Å². The van der Waals surface area contributed by atoms with Crippen LogP contribution in [-0.2, 0) is 4.79 Å². The van der Waals surface area contributed by atoms with Crippen molar-refractivity contribution >= 4 is 5.91 Å². The lowest BCUT2D eigenvalue weighted by Crippen LogP contribution is -2.50. The molecule has 2 heterocycles. The van der Waals surface area contributed by atoms with Gasteiger partial charge < -0.3 is 4.90 Å². The molecule has 0 aromatic rings. The highest BCUT2D eigenvalue weighted by molar-refractivity contribution is 5.77. The van der Waals surface area contributed by atoms with Gasteiger partial charge >= 0.3 is 0 Å². The summed E-state index contributed by atoms with van der Waals surface area (Å²) in [5, 5.41) is 0. The first-order valence-corrected chi connectivity index (χ1v) is 5.25. The first-order chi connectivity index (χ1) is 6.33. The molecule has 2 atom stereocenters. The molecule has 0 N–H and O–H groups in total. The van der Waals surface area contributed by atoms with Crippen LogP contribution >= 0.6 is 0 Å². The lowest BCUT2D eigenvalue weighted by atomic mass is 9.83. The quantitative estimate of drug-likeness (QED) is 0.563. The topological polar surface area (TPSA) is 20.3 Å². The molecule has 2 aliphatic rings. The normalized spacial score (nSPS) is 34.2. The van der Waals surface area contributed by atoms with Crippen LogP contribution < -0.4 is 0 Å². The predicted molar refractivity (Wildman–Crippen MR) is 52.3 cm³/mol. The van der Waals surface area contributed by atoms with E-state index in [1.165, 1.54) is 12.8 Å². The molecule has 1 amide bonds. The summed E-state index contributed by atoms with van der Waals surface area (Å²) < 4.78 is 0. The van der Waals surface area contributed by atoms with Crippen molar-refractivity contribution in [3.63, 3.8) is 0 Å². The van der Waals surface area contributed by atoms with Crippen LogP contribution in [0.2, 0.25) is 0 Å². The minimum atomic E-state index is 0.364. The molecule has 2 aliphatic heterocycles. The van der Waals surface area contributed by atoms with E-state index in [1.807, 2.05) is 6.08 Å². The van der Waals surface area contributed by atoms with E-state index < -0.39 is 0 Å². The number of amides is 1. The molecule has 2 rings (SSSR count). The van der Waals surface area contributed by atoms with Gasteiger partial charge in [0.05, 0.1) is 0 Å². The molecule has 2 nitrogen and oxygen atoms in total. The Balaban J connectivity index is 2.13. The van der Waals surface area contributed by atoms with Crippen LogP contribution in [0.4, 0.5) is 0 Å². The zero-order valence-electron chi connectivity index (χ0n) is 8.04. The Bertz CT molecular complexity index is 224. The minimum absolute atomic E-state index is 0.364. The van der Waals surface area contributed by atoms with Crippen molar-refractivity contribution in [1.29, 1.82) is 0 Å². The SMILES string of the molecule is C=C[C@@H]1CCCN2C(=O)CCC[C@@H]12. The van der Waals surface area contributed by atoms with Gasteiger partial charge in [0.1, 0.15) is 0 Å². The average molecular weight is 179 g/mol. The maximum Gasteiger partial charge on any atom is 0.222 e. The highest BCUT2D eigenvalue weighted by atomic mass is 16.2. The van der Waals surface area contributed by atoms with Crippen molar-refractivity contribution in [3.05, 3.63) is 12.7 Å². The molecular formula is C11H17NO. The number of hydrogen-bond donors (Lipinski definition) is 0. The number of rotatable bonds is 1. The number of nitrogens with zero attached hydrogens (tertiary/aromatic N) is 1. The molecule has 13 heavy (non-hydrogen) atoms. The smallest absolute Gasteiger partial charge is 0.222 e. The van der Waals surface area contributed by atoms with Crippen molar-refractivity contribution in [2.45, 2.75) is 38.1 Å². The van der Waals surface area contributed by atoms with Crippen LogP contribution in [0.5, 0.6) is 0 Å². The Labute approximate surface area is 79.6 Å². The summed E-state index contributed by atoms with van der Waals surface area (Å²) in [6.07, 6.45) is 7.43. The summed E-state index contributed by atoms with van der Waals surface area (Å²) in [6.45, 7) is 4.84. The van der Waals surface area contributed by atoms with Crippen LogP contribution in [0.3, 0.4) is 0 Å². The number of piperidine rings is 2. The van der Waals surface area contributed by atoms with Crippen molar-refractivity contribution in [2.24, 2.45) is 5.92 Å². The molecule has 0 spiro atoms. The fourth-order valence-electron chi connectivity index (χ4n) is 2.65. The molecule has 0 unspecified atom stereocenters. The third kappa shape index (κ3) is 1.50. The van der Waals surface area contributed by atoms with Crippen LogP contribution in [0.15, 0.2) is 12.7 Å². The average Bonchev–Trinajstić information content (AvgIpc) is 2.18. The van der Waals surface area contributed by atoms with E-state index in [0.29, 0.717) is 17.9 Å². The Hall–Kier alpha value is -0.790. The van der Waals surface area contributed by atoms with Crippen molar-refractivity contribution in [2.75, 3.05) is 6.54 Å². The molecular weight excluding hydrogens is 162 g/mol. The lowest BCUT2D eigenvalue weighted by Gasteiger charge is -2.43. The molecule has 0 aliphatic carbocycles. The first-order valence-electron chi connectivity index (χ1n) is 5.25. The molecule has 2 saturated heterocycles. The molecule has 0 radical (unpaired) electrons. The van der Waals surface area contributed by atoms with Crippen molar-refractivity contribution in [1.82, 2.24) is 4.90 Å². The van der Waals surface area contributed by atoms with E-state index in [2.05, 4.69) is 11.5 Å². The summed E-state index contributed by atoms with van der Waals surface area (Å²) in [6, 6.07) is 0.479. The number of hydrogen-bond acceptors (Lipinski definition) is 1. The maximum absolute atomic E-state index is 11.6. The fraction of sp³-hybridized carbons (Fsp3) is 0.727. The second-order valence-corrected chi connectivity index (χ2v) is 4.09. The summed E-state index contributed by atoms with van der Waals surface area (Å²) in [5.74, 6) is 0.917. The molecule has 0 saturated carbocycles.